The Hall–Kier alpha value is -2.72. The first-order valence-corrected chi connectivity index (χ1v) is 9.74. The predicted molar refractivity (Wildman–Crippen MR) is 108 cm³/mol. The van der Waals surface area contributed by atoms with Gasteiger partial charge in [0.25, 0.3) is 0 Å². The second kappa shape index (κ2) is 6.89. The minimum Gasteiger partial charge on any atom is -0.481 e. The third-order valence-corrected chi connectivity index (χ3v) is 5.58. The van der Waals surface area contributed by atoms with Crippen LogP contribution in [0.2, 0.25) is 0 Å². The van der Waals surface area contributed by atoms with Crippen molar-refractivity contribution in [3.05, 3.63) is 77.9 Å². The average molecular weight is 361 g/mol. The second-order valence-electron chi connectivity index (χ2n) is 6.31. The zero-order valence-corrected chi connectivity index (χ0v) is 15.3. The van der Waals surface area contributed by atoms with Crippen molar-refractivity contribution >= 4 is 39.5 Å². The van der Waals surface area contributed by atoms with Crippen LogP contribution in [-0.4, -0.2) is 21.9 Å². The van der Waals surface area contributed by atoms with Crippen LogP contribution >= 0.6 is 11.8 Å². The number of para-hydroxylation sites is 1. The molecule has 0 bridgehead atoms. The van der Waals surface area contributed by atoms with Gasteiger partial charge in [0.1, 0.15) is 0 Å². The molecule has 0 atom stereocenters. The minimum absolute atomic E-state index is 0.0459. The number of hydrogen-bond donors (Lipinski definition) is 1. The van der Waals surface area contributed by atoms with E-state index < -0.39 is 5.97 Å². The van der Waals surface area contributed by atoms with Crippen molar-refractivity contribution in [1.82, 2.24) is 4.57 Å². The molecule has 26 heavy (non-hydrogen) atoms. The monoisotopic (exact) mass is 361 g/mol. The number of carboxylic acids is 1. The van der Waals surface area contributed by atoms with Crippen LogP contribution < -0.4 is 0 Å². The fourth-order valence-electron chi connectivity index (χ4n) is 3.62. The zero-order valence-electron chi connectivity index (χ0n) is 14.5. The number of hydrogen-bond acceptors (Lipinski definition) is 2. The molecule has 4 rings (SSSR count). The zero-order chi connectivity index (χ0) is 18.1. The van der Waals surface area contributed by atoms with Gasteiger partial charge in [-0.25, -0.2) is 0 Å². The molecule has 0 saturated heterocycles. The normalized spacial score (nSPS) is 11.3. The van der Waals surface area contributed by atoms with E-state index in [2.05, 4.69) is 53.1 Å². The van der Waals surface area contributed by atoms with Gasteiger partial charge in [-0.2, -0.15) is 0 Å². The van der Waals surface area contributed by atoms with E-state index in [-0.39, 0.29) is 6.42 Å². The van der Waals surface area contributed by atoms with Gasteiger partial charge in [-0.15, -0.1) is 11.8 Å². The van der Waals surface area contributed by atoms with Crippen LogP contribution in [0, 0.1) is 0 Å². The summed E-state index contributed by atoms with van der Waals surface area (Å²) in [6.45, 7) is 0.789. The summed E-state index contributed by atoms with van der Waals surface area (Å²) in [5.74, 6) is -0.798. The van der Waals surface area contributed by atoms with Gasteiger partial charge in [-0.05, 0) is 29.5 Å². The van der Waals surface area contributed by atoms with Crippen LogP contribution in [0.1, 0.15) is 11.1 Å². The number of nitrogens with zero attached hydrogens (tertiary/aromatic N) is 1. The van der Waals surface area contributed by atoms with Gasteiger partial charge >= 0.3 is 5.97 Å². The lowest BCUT2D eigenvalue weighted by atomic mass is 10.1. The van der Waals surface area contributed by atoms with E-state index in [0.717, 1.165) is 27.9 Å². The van der Waals surface area contributed by atoms with Crippen LogP contribution in [0.4, 0.5) is 0 Å². The molecule has 0 fully saturated rings. The number of rotatable bonds is 5. The Morgan fingerprint density at radius 2 is 1.69 bits per heavy atom. The van der Waals surface area contributed by atoms with Gasteiger partial charge < -0.3 is 9.67 Å². The van der Waals surface area contributed by atoms with Gasteiger partial charge in [0.15, 0.2) is 0 Å². The Morgan fingerprint density at radius 1 is 0.962 bits per heavy atom. The largest absolute Gasteiger partial charge is 0.481 e. The van der Waals surface area contributed by atoms with Gasteiger partial charge in [0, 0.05) is 27.7 Å². The van der Waals surface area contributed by atoms with Gasteiger partial charge in [0.2, 0.25) is 0 Å². The van der Waals surface area contributed by atoms with Gasteiger partial charge in [0.05, 0.1) is 11.9 Å². The van der Waals surface area contributed by atoms with Crippen LogP contribution in [0.5, 0.6) is 0 Å². The number of aliphatic carboxylic acids is 1. The molecule has 0 radical (unpaired) electrons. The van der Waals surface area contributed by atoms with Crippen molar-refractivity contribution in [2.75, 3.05) is 6.26 Å². The van der Waals surface area contributed by atoms with Crippen molar-refractivity contribution < 1.29 is 9.90 Å². The Balaban J connectivity index is 2.01. The Bertz CT molecular complexity index is 1100. The molecule has 3 nitrogen and oxygen atoms in total. The Kier molecular flexibility index (Phi) is 4.43. The fourth-order valence-corrected chi connectivity index (χ4v) is 4.44. The summed E-state index contributed by atoms with van der Waals surface area (Å²) < 4.78 is 2.32. The summed E-state index contributed by atoms with van der Waals surface area (Å²) in [5, 5.41) is 11.6. The maximum atomic E-state index is 11.3. The number of aromatic nitrogens is 1. The molecule has 1 aromatic heterocycles. The maximum absolute atomic E-state index is 11.3. The molecule has 0 amide bonds. The summed E-state index contributed by atoms with van der Waals surface area (Å²) >= 11 is 1.62. The van der Waals surface area contributed by atoms with Gasteiger partial charge in [-0.1, -0.05) is 54.6 Å². The molecule has 0 unspecified atom stereocenters. The van der Waals surface area contributed by atoms with E-state index in [4.69, 9.17) is 0 Å². The summed E-state index contributed by atoms with van der Waals surface area (Å²) in [4.78, 5) is 12.3. The lowest BCUT2D eigenvalue weighted by Gasteiger charge is -2.10. The van der Waals surface area contributed by atoms with E-state index >= 15 is 0 Å². The van der Waals surface area contributed by atoms with Crippen LogP contribution in [0.3, 0.4) is 0 Å². The highest BCUT2D eigenvalue weighted by molar-refractivity contribution is 7.98. The summed E-state index contributed by atoms with van der Waals surface area (Å²) in [7, 11) is 0. The molecule has 1 N–H and O–H groups in total. The third-order valence-electron chi connectivity index (χ3n) is 4.70. The molecule has 0 aliphatic carbocycles. The standard InChI is InChI=1S/C22H19NO2S/c1-26-22-16(13-20(24)25)11-12-19-21(22)17-9-5-6-10-18(17)23(19)14-15-7-3-2-4-8-15/h2-12H,13-14H2,1H3,(H,24,25). The van der Waals surface area contributed by atoms with Crippen LogP contribution in [0.25, 0.3) is 21.8 Å². The smallest absolute Gasteiger partial charge is 0.307 e. The van der Waals surface area contributed by atoms with Crippen molar-refractivity contribution in [2.45, 2.75) is 17.9 Å². The number of carbonyl (C=O) groups is 1. The molecule has 0 aliphatic rings. The topological polar surface area (TPSA) is 42.2 Å². The summed E-state index contributed by atoms with van der Waals surface area (Å²) in [5.41, 5.74) is 4.44. The molecule has 130 valence electrons. The Labute approximate surface area is 156 Å². The average Bonchev–Trinajstić information content (AvgIpc) is 2.96. The van der Waals surface area contributed by atoms with Crippen molar-refractivity contribution in [3.63, 3.8) is 0 Å². The van der Waals surface area contributed by atoms with Crippen molar-refractivity contribution in [3.8, 4) is 0 Å². The molecule has 4 aromatic rings. The summed E-state index contributed by atoms with van der Waals surface area (Å²) in [6, 6.07) is 22.8. The molecular weight excluding hydrogens is 342 g/mol. The Morgan fingerprint density at radius 3 is 2.42 bits per heavy atom. The highest BCUT2D eigenvalue weighted by atomic mass is 32.2. The molecule has 0 spiro atoms. The lowest BCUT2D eigenvalue weighted by molar-refractivity contribution is -0.136. The highest BCUT2D eigenvalue weighted by Crippen LogP contribution is 2.38. The van der Waals surface area contributed by atoms with Crippen molar-refractivity contribution in [1.29, 1.82) is 0 Å². The number of benzene rings is 3. The fraction of sp³-hybridized carbons (Fsp3) is 0.136. The minimum atomic E-state index is -0.798. The van der Waals surface area contributed by atoms with Gasteiger partial charge in [-0.3, -0.25) is 4.79 Å². The second-order valence-corrected chi connectivity index (χ2v) is 7.13. The van der Waals surface area contributed by atoms with Crippen LogP contribution in [-0.2, 0) is 17.8 Å². The van der Waals surface area contributed by atoms with E-state index in [9.17, 15) is 9.90 Å². The number of thioether (sulfide) groups is 1. The SMILES string of the molecule is CSc1c(CC(=O)O)ccc2c1c1ccccc1n2Cc1ccccc1. The quantitative estimate of drug-likeness (QED) is 0.497. The number of carboxylic acid groups (broad SMARTS) is 1. The molecule has 3 aromatic carbocycles. The molecule has 1 heterocycles. The first-order chi connectivity index (χ1) is 12.7. The molecule has 0 aliphatic heterocycles. The highest BCUT2D eigenvalue weighted by Gasteiger charge is 2.17. The first-order valence-electron chi connectivity index (χ1n) is 8.51. The maximum Gasteiger partial charge on any atom is 0.307 e. The van der Waals surface area contributed by atoms with E-state index in [1.54, 1.807) is 11.8 Å². The predicted octanol–water partition coefficient (Wildman–Crippen LogP) is 5.19. The third kappa shape index (κ3) is 2.86. The number of fused-ring (bicyclic) bond motifs is 3. The van der Waals surface area contributed by atoms with Crippen molar-refractivity contribution in [2.24, 2.45) is 0 Å². The molecule has 0 saturated carbocycles. The van der Waals surface area contributed by atoms with E-state index in [0.29, 0.717) is 0 Å². The van der Waals surface area contributed by atoms with E-state index in [1.165, 1.54) is 16.5 Å². The summed E-state index contributed by atoms with van der Waals surface area (Å²) in [6.07, 6.45) is 2.06. The van der Waals surface area contributed by atoms with Crippen LogP contribution in [0.15, 0.2) is 71.6 Å². The lowest BCUT2D eigenvalue weighted by Crippen LogP contribution is -2.02. The van der Waals surface area contributed by atoms with E-state index in [1.807, 2.05) is 24.5 Å². The molecular formula is C22H19NO2S. The first kappa shape index (κ1) is 16.7. The molecule has 4 heteroatoms.